The predicted molar refractivity (Wildman–Crippen MR) is 63.0 cm³/mol. The van der Waals surface area contributed by atoms with Crippen LogP contribution >= 0.6 is 0 Å². The third-order valence-corrected chi connectivity index (χ3v) is 2.63. The summed E-state index contributed by atoms with van der Waals surface area (Å²) in [5, 5.41) is 37.4. The first-order valence-electron chi connectivity index (χ1n) is 5.44. The van der Waals surface area contributed by atoms with E-state index in [1.807, 2.05) is 0 Å². The van der Waals surface area contributed by atoms with Gasteiger partial charge < -0.3 is 20.6 Å². The molecule has 18 heavy (non-hydrogen) atoms. The van der Waals surface area contributed by atoms with Crippen molar-refractivity contribution >= 4 is 5.91 Å². The average molecular weight is 255 g/mol. The van der Waals surface area contributed by atoms with Gasteiger partial charge in [-0.25, -0.2) is 0 Å². The number of rotatable bonds is 5. The maximum Gasteiger partial charge on any atom is 0.253 e. The van der Waals surface area contributed by atoms with Crippen molar-refractivity contribution in [3.63, 3.8) is 0 Å². The number of amides is 1. The summed E-state index contributed by atoms with van der Waals surface area (Å²) in [6.07, 6.45) is 0. The number of aliphatic hydroxyl groups is 3. The van der Waals surface area contributed by atoms with Gasteiger partial charge in [0, 0.05) is 0 Å². The number of nitrogens with one attached hydrogen (secondary N) is 1. The van der Waals surface area contributed by atoms with Crippen LogP contribution < -0.4 is 5.32 Å². The highest BCUT2D eigenvalue weighted by Gasteiger charge is 2.30. The summed E-state index contributed by atoms with van der Waals surface area (Å²) < 4.78 is 0. The highest BCUT2D eigenvalue weighted by atomic mass is 16.3. The Balaban J connectivity index is 2.97. The van der Waals surface area contributed by atoms with E-state index < -0.39 is 31.3 Å². The van der Waals surface area contributed by atoms with Crippen LogP contribution in [0.1, 0.15) is 21.7 Å². The van der Waals surface area contributed by atoms with Gasteiger partial charge in [0.25, 0.3) is 5.91 Å². The maximum atomic E-state index is 12.0. The van der Waals surface area contributed by atoms with Gasteiger partial charge in [0.05, 0.1) is 36.8 Å². The number of hydrogen-bond donors (Lipinski definition) is 4. The van der Waals surface area contributed by atoms with Gasteiger partial charge in [-0.15, -0.1) is 0 Å². The molecular formula is C11H17N3O4. The number of nitrogens with zero attached hydrogens (tertiary/aromatic N) is 2. The van der Waals surface area contributed by atoms with E-state index in [9.17, 15) is 4.79 Å². The van der Waals surface area contributed by atoms with Gasteiger partial charge >= 0.3 is 0 Å². The van der Waals surface area contributed by atoms with Crippen LogP contribution in [-0.2, 0) is 0 Å². The first-order valence-corrected chi connectivity index (χ1v) is 5.44. The number of carbonyl (C=O) groups excluding carboxylic acids is 1. The molecule has 1 amide bonds. The van der Waals surface area contributed by atoms with Gasteiger partial charge in [0.1, 0.15) is 5.54 Å². The highest BCUT2D eigenvalue weighted by molar-refractivity contribution is 5.95. The predicted octanol–water partition coefficient (Wildman–Crippen LogP) is -1.46. The van der Waals surface area contributed by atoms with Crippen molar-refractivity contribution in [2.45, 2.75) is 19.4 Å². The number of aryl methyl sites for hydroxylation is 2. The minimum atomic E-state index is -1.44. The molecule has 0 aliphatic heterocycles. The van der Waals surface area contributed by atoms with E-state index in [4.69, 9.17) is 15.3 Å². The highest BCUT2D eigenvalue weighted by Crippen LogP contribution is 2.09. The Kier molecular flexibility index (Phi) is 4.71. The van der Waals surface area contributed by atoms with Crippen LogP contribution in [0, 0.1) is 13.8 Å². The summed E-state index contributed by atoms with van der Waals surface area (Å²) in [7, 11) is 0. The molecule has 0 fully saturated rings. The Hall–Kier alpha value is -1.57. The number of aromatic nitrogens is 2. The normalized spacial score (nSPS) is 11.4. The Labute approximate surface area is 104 Å². The quantitative estimate of drug-likeness (QED) is 0.511. The lowest BCUT2D eigenvalue weighted by molar-refractivity contribution is 0.0374. The molecule has 0 aliphatic carbocycles. The van der Waals surface area contributed by atoms with Crippen LogP contribution in [0.25, 0.3) is 0 Å². The standard InChI is InChI=1S/C11H17N3O4/c1-7-3-9(8(2)14-13-7)10(18)12-11(4-15,5-16)6-17/h3,15-17H,4-6H2,1-2H3,(H,12,18). The number of hydrogen-bond acceptors (Lipinski definition) is 6. The van der Waals surface area contributed by atoms with Gasteiger partial charge in [-0.2, -0.15) is 10.2 Å². The van der Waals surface area contributed by atoms with E-state index in [2.05, 4.69) is 15.5 Å². The lowest BCUT2D eigenvalue weighted by Crippen LogP contribution is -2.57. The van der Waals surface area contributed by atoms with Crippen molar-refractivity contribution in [1.29, 1.82) is 0 Å². The molecule has 0 spiro atoms. The van der Waals surface area contributed by atoms with Crippen molar-refractivity contribution in [3.8, 4) is 0 Å². The van der Waals surface area contributed by atoms with Crippen LogP contribution in [0.2, 0.25) is 0 Å². The smallest absolute Gasteiger partial charge is 0.253 e. The molecule has 0 aromatic carbocycles. The van der Waals surface area contributed by atoms with Crippen molar-refractivity contribution in [2.24, 2.45) is 0 Å². The molecule has 1 heterocycles. The fourth-order valence-electron chi connectivity index (χ4n) is 1.36. The van der Waals surface area contributed by atoms with E-state index in [-0.39, 0.29) is 0 Å². The Morgan fingerprint density at radius 3 is 2.28 bits per heavy atom. The molecule has 7 nitrogen and oxygen atoms in total. The molecule has 1 rings (SSSR count). The van der Waals surface area contributed by atoms with E-state index in [0.29, 0.717) is 17.0 Å². The van der Waals surface area contributed by atoms with E-state index in [0.717, 1.165) is 0 Å². The molecule has 0 saturated heterocycles. The number of aliphatic hydroxyl groups excluding tert-OH is 3. The van der Waals surface area contributed by atoms with Gasteiger partial charge in [-0.05, 0) is 19.9 Å². The van der Waals surface area contributed by atoms with Crippen LogP contribution in [0.5, 0.6) is 0 Å². The lowest BCUT2D eigenvalue weighted by atomic mass is 10.0. The summed E-state index contributed by atoms with van der Waals surface area (Å²) in [4.78, 5) is 12.0. The molecular weight excluding hydrogens is 238 g/mol. The fourth-order valence-corrected chi connectivity index (χ4v) is 1.36. The first kappa shape index (κ1) is 14.5. The molecule has 1 aromatic heterocycles. The first-order chi connectivity index (χ1) is 8.48. The zero-order chi connectivity index (χ0) is 13.8. The van der Waals surface area contributed by atoms with Crippen LogP contribution in [-0.4, -0.2) is 56.8 Å². The lowest BCUT2D eigenvalue weighted by Gasteiger charge is -2.28. The molecule has 0 aliphatic rings. The molecule has 0 saturated carbocycles. The minimum Gasteiger partial charge on any atom is -0.394 e. The van der Waals surface area contributed by atoms with E-state index >= 15 is 0 Å². The van der Waals surface area contributed by atoms with Crippen LogP contribution in [0.15, 0.2) is 6.07 Å². The minimum absolute atomic E-state index is 0.294. The molecule has 4 N–H and O–H groups in total. The second-order valence-corrected chi connectivity index (χ2v) is 4.19. The molecule has 1 aromatic rings. The van der Waals surface area contributed by atoms with Crippen molar-refractivity contribution < 1.29 is 20.1 Å². The molecule has 0 bridgehead atoms. The second kappa shape index (κ2) is 5.85. The van der Waals surface area contributed by atoms with Crippen LogP contribution in [0.3, 0.4) is 0 Å². The monoisotopic (exact) mass is 255 g/mol. The third-order valence-electron chi connectivity index (χ3n) is 2.63. The Bertz CT molecular complexity index is 424. The van der Waals surface area contributed by atoms with Gasteiger partial charge in [-0.3, -0.25) is 4.79 Å². The van der Waals surface area contributed by atoms with Crippen LogP contribution in [0.4, 0.5) is 0 Å². The average Bonchev–Trinajstić information content (AvgIpc) is 2.38. The van der Waals surface area contributed by atoms with E-state index in [1.165, 1.54) is 0 Å². The molecule has 100 valence electrons. The third kappa shape index (κ3) is 3.00. The summed E-state index contributed by atoms with van der Waals surface area (Å²) in [6.45, 7) is 1.62. The zero-order valence-electron chi connectivity index (χ0n) is 10.3. The summed E-state index contributed by atoms with van der Waals surface area (Å²) in [6, 6.07) is 1.55. The molecule has 0 unspecified atom stereocenters. The summed E-state index contributed by atoms with van der Waals surface area (Å²) >= 11 is 0. The van der Waals surface area contributed by atoms with Crippen molar-refractivity contribution in [3.05, 3.63) is 23.0 Å². The largest absolute Gasteiger partial charge is 0.394 e. The SMILES string of the molecule is Cc1cc(C(=O)NC(CO)(CO)CO)c(C)nn1. The van der Waals surface area contributed by atoms with Crippen molar-refractivity contribution in [1.82, 2.24) is 15.5 Å². The summed E-state index contributed by atoms with van der Waals surface area (Å²) in [5.41, 5.74) is -0.142. The summed E-state index contributed by atoms with van der Waals surface area (Å²) in [5.74, 6) is -0.525. The van der Waals surface area contributed by atoms with Gasteiger partial charge in [-0.1, -0.05) is 0 Å². The molecule has 0 radical (unpaired) electrons. The van der Waals surface area contributed by atoms with Gasteiger partial charge in [0.2, 0.25) is 0 Å². The Morgan fingerprint density at radius 1 is 1.22 bits per heavy atom. The molecule has 7 heteroatoms. The second-order valence-electron chi connectivity index (χ2n) is 4.19. The molecule has 0 atom stereocenters. The number of carbonyl (C=O) groups is 1. The zero-order valence-corrected chi connectivity index (χ0v) is 10.3. The van der Waals surface area contributed by atoms with Gasteiger partial charge in [0.15, 0.2) is 0 Å². The van der Waals surface area contributed by atoms with Crippen molar-refractivity contribution in [2.75, 3.05) is 19.8 Å². The fraction of sp³-hybridized carbons (Fsp3) is 0.545. The van der Waals surface area contributed by atoms with E-state index in [1.54, 1.807) is 19.9 Å². The maximum absolute atomic E-state index is 12.0. The Morgan fingerprint density at radius 2 is 1.78 bits per heavy atom. The topological polar surface area (TPSA) is 116 Å².